The van der Waals surface area contributed by atoms with E-state index in [4.69, 9.17) is 4.42 Å². The molecule has 2 heterocycles. The lowest BCUT2D eigenvalue weighted by Crippen LogP contribution is -2.22. The number of rotatable bonds is 6. The van der Waals surface area contributed by atoms with Crippen LogP contribution in [0, 0.1) is 11.6 Å². The summed E-state index contributed by atoms with van der Waals surface area (Å²) in [5.74, 6) is -2.83. The Hall–Kier alpha value is -2.56. The summed E-state index contributed by atoms with van der Waals surface area (Å²) in [7, 11) is -3.96. The van der Waals surface area contributed by atoms with Gasteiger partial charge in [0.05, 0.1) is 5.69 Å². The topological polar surface area (TPSA) is 88.4 Å². The van der Waals surface area contributed by atoms with Crippen molar-refractivity contribution in [2.75, 3.05) is 5.32 Å². The summed E-state index contributed by atoms with van der Waals surface area (Å²) in [4.78, 5) is 12.9. The van der Waals surface area contributed by atoms with Gasteiger partial charge in [-0.15, -0.1) is 11.3 Å². The molecule has 0 spiro atoms. The van der Waals surface area contributed by atoms with E-state index in [1.807, 2.05) is 5.38 Å². The monoisotopic (exact) mass is 398 g/mol. The van der Waals surface area contributed by atoms with Gasteiger partial charge >= 0.3 is 0 Å². The average Bonchev–Trinajstić information content (AvgIpc) is 3.28. The lowest BCUT2D eigenvalue weighted by Gasteiger charge is -2.05. The molecule has 26 heavy (non-hydrogen) atoms. The van der Waals surface area contributed by atoms with Gasteiger partial charge in [-0.1, -0.05) is 6.07 Å². The number of carbonyl (C=O) groups excluding carboxylic acids is 1. The van der Waals surface area contributed by atoms with E-state index in [-0.39, 0.29) is 18.0 Å². The first-order valence-electron chi connectivity index (χ1n) is 7.23. The quantitative estimate of drug-likeness (QED) is 0.667. The third-order valence-corrected chi connectivity index (χ3v) is 5.41. The Morgan fingerprint density at radius 2 is 1.96 bits per heavy atom. The summed E-state index contributed by atoms with van der Waals surface area (Å²) in [6.45, 7) is 0.0801. The molecule has 2 aromatic heterocycles. The molecule has 0 saturated carbocycles. The highest BCUT2D eigenvalue weighted by Gasteiger charge is 2.21. The molecule has 136 valence electrons. The molecule has 1 amide bonds. The molecule has 0 aliphatic carbocycles. The summed E-state index contributed by atoms with van der Waals surface area (Å²) in [6.07, 6.45) is 0. The zero-order chi connectivity index (χ0) is 18.7. The number of benzene rings is 1. The van der Waals surface area contributed by atoms with Crippen molar-refractivity contribution in [3.63, 3.8) is 0 Å². The second kappa shape index (κ2) is 7.36. The molecule has 0 atom stereocenters. The maximum Gasteiger partial charge on any atom is 0.291 e. The van der Waals surface area contributed by atoms with Crippen molar-refractivity contribution in [3.8, 4) is 0 Å². The smallest absolute Gasteiger partial charge is 0.291 e. The Kier molecular flexibility index (Phi) is 5.16. The van der Waals surface area contributed by atoms with E-state index in [9.17, 15) is 22.0 Å². The van der Waals surface area contributed by atoms with Crippen LogP contribution in [0.2, 0.25) is 0 Å². The van der Waals surface area contributed by atoms with E-state index in [0.29, 0.717) is 0 Å². The number of nitrogens with one attached hydrogen (secondary N) is 2. The number of thiophene rings is 1. The minimum Gasteiger partial charge on any atom is -0.438 e. The Labute approximate surface area is 151 Å². The highest BCUT2D eigenvalue weighted by molar-refractivity contribution is 7.89. The zero-order valence-electron chi connectivity index (χ0n) is 13.0. The SMILES string of the molecule is O=C(Nc1cc(F)ccc1F)c1ccc(S(=O)(=O)NCc2cccs2)o1. The summed E-state index contributed by atoms with van der Waals surface area (Å²) >= 11 is 1.38. The number of sulfonamides is 1. The molecule has 3 rings (SSSR count). The number of hydrogen-bond acceptors (Lipinski definition) is 5. The van der Waals surface area contributed by atoms with Crippen LogP contribution in [-0.4, -0.2) is 14.3 Å². The Bertz CT molecular complexity index is 1030. The number of carbonyl (C=O) groups is 1. The molecule has 6 nitrogen and oxygen atoms in total. The number of hydrogen-bond donors (Lipinski definition) is 2. The third kappa shape index (κ3) is 4.15. The van der Waals surface area contributed by atoms with E-state index in [1.165, 1.54) is 11.3 Å². The number of anilines is 1. The molecule has 3 aromatic rings. The van der Waals surface area contributed by atoms with Crippen LogP contribution in [0.3, 0.4) is 0 Å². The molecule has 1 aromatic carbocycles. The molecular weight excluding hydrogens is 386 g/mol. The van der Waals surface area contributed by atoms with E-state index < -0.39 is 32.7 Å². The molecule has 0 bridgehead atoms. The largest absolute Gasteiger partial charge is 0.438 e. The number of furan rings is 1. The highest BCUT2D eigenvalue weighted by atomic mass is 32.2. The fourth-order valence-electron chi connectivity index (χ4n) is 2.01. The van der Waals surface area contributed by atoms with Gasteiger partial charge in [0, 0.05) is 17.5 Å². The van der Waals surface area contributed by atoms with E-state index in [0.717, 1.165) is 35.2 Å². The Morgan fingerprint density at radius 3 is 2.69 bits per heavy atom. The predicted octanol–water partition coefficient (Wildman–Crippen LogP) is 3.35. The normalized spacial score (nSPS) is 11.5. The van der Waals surface area contributed by atoms with Gasteiger partial charge < -0.3 is 9.73 Å². The van der Waals surface area contributed by atoms with Crippen LogP contribution < -0.4 is 10.0 Å². The summed E-state index contributed by atoms with van der Waals surface area (Å²) in [6, 6.07) is 8.35. The van der Waals surface area contributed by atoms with E-state index >= 15 is 0 Å². The maximum absolute atomic E-state index is 13.6. The molecule has 0 saturated heterocycles. The molecule has 0 aliphatic rings. The lowest BCUT2D eigenvalue weighted by atomic mass is 10.3. The van der Waals surface area contributed by atoms with Crippen molar-refractivity contribution in [1.82, 2.24) is 4.72 Å². The second-order valence-corrected chi connectivity index (χ2v) is 7.83. The average molecular weight is 398 g/mol. The number of halogens is 2. The van der Waals surface area contributed by atoms with E-state index in [2.05, 4.69) is 10.0 Å². The minimum atomic E-state index is -3.96. The maximum atomic E-state index is 13.6. The molecule has 2 N–H and O–H groups in total. The number of amides is 1. The third-order valence-electron chi connectivity index (χ3n) is 3.26. The van der Waals surface area contributed by atoms with Crippen molar-refractivity contribution in [2.45, 2.75) is 11.6 Å². The standard InChI is InChI=1S/C16H12F2N2O4S2/c17-10-3-4-12(18)13(8-10)20-16(21)14-5-6-15(24-14)26(22,23)19-9-11-2-1-7-25-11/h1-8,19H,9H2,(H,20,21). The van der Waals surface area contributed by atoms with E-state index in [1.54, 1.807) is 12.1 Å². The molecule has 0 radical (unpaired) electrons. The summed E-state index contributed by atoms with van der Waals surface area (Å²) in [5.41, 5.74) is -0.383. The van der Waals surface area contributed by atoms with Crippen LogP contribution in [0.5, 0.6) is 0 Å². The van der Waals surface area contributed by atoms with Crippen LogP contribution in [0.1, 0.15) is 15.4 Å². The van der Waals surface area contributed by atoms with Crippen LogP contribution in [0.15, 0.2) is 57.4 Å². The van der Waals surface area contributed by atoms with Crippen LogP contribution in [-0.2, 0) is 16.6 Å². The highest BCUT2D eigenvalue weighted by Crippen LogP contribution is 2.19. The first kappa shape index (κ1) is 18.2. The van der Waals surface area contributed by atoms with Crippen LogP contribution >= 0.6 is 11.3 Å². The summed E-state index contributed by atoms with van der Waals surface area (Å²) in [5, 5.41) is 3.48. The van der Waals surface area contributed by atoms with Gasteiger partial charge in [-0.3, -0.25) is 4.79 Å². The van der Waals surface area contributed by atoms with Crippen molar-refractivity contribution < 1.29 is 26.4 Å². The molecule has 0 unspecified atom stereocenters. The molecule has 0 aliphatic heterocycles. The van der Waals surface area contributed by atoms with Gasteiger partial charge in [0.15, 0.2) is 5.76 Å². The van der Waals surface area contributed by atoms with Crippen molar-refractivity contribution in [3.05, 3.63) is 70.1 Å². The molecule has 10 heteroatoms. The molecule has 0 fully saturated rings. The fourth-order valence-corrected chi connectivity index (χ4v) is 3.68. The molecular formula is C16H12F2N2O4S2. The Balaban J connectivity index is 1.72. The van der Waals surface area contributed by atoms with Gasteiger partial charge in [0.2, 0.25) is 5.09 Å². The minimum absolute atomic E-state index is 0.0801. The zero-order valence-corrected chi connectivity index (χ0v) is 14.7. The van der Waals surface area contributed by atoms with Gasteiger partial charge in [0.1, 0.15) is 11.6 Å². The second-order valence-electron chi connectivity index (χ2n) is 5.10. The van der Waals surface area contributed by atoms with Gasteiger partial charge in [-0.05, 0) is 35.7 Å². The van der Waals surface area contributed by atoms with Crippen LogP contribution in [0.25, 0.3) is 0 Å². The van der Waals surface area contributed by atoms with Crippen molar-refractivity contribution >= 4 is 33.0 Å². The summed E-state index contributed by atoms with van der Waals surface area (Å²) < 4.78 is 58.4. The first-order chi connectivity index (χ1) is 12.3. The van der Waals surface area contributed by atoms with Gasteiger partial charge in [-0.2, -0.15) is 0 Å². The van der Waals surface area contributed by atoms with Crippen molar-refractivity contribution in [2.24, 2.45) is 0 Å². The van der Waals surface area contributed by atoms with Gasteiger partial charge in [0.25, 0.3) is 15.9 Å². The predicted molar refractivity (Wildman–Crippen MR) is 91.4 cm³/mol. The Morgan fingerprint density at radius 1 is 1.15 bits per heavy atom. The van der Waals surface area contributed by atoms with Crippen molar-refractivity contribution in [1.29, 1.82) is 0 Å². The first-order valence-corrected chi connectivity index (χ1v) is 9.60. The lowest BCUT2D eigenvalue weighted by molar-refractivity contribution is 0.0991. The fraction of sp³-hybridized carbons (Fsp3) is 0.0625. The van der Waals surface area contributed by atoms with Crippen LogP contribution in [0.4, 0.5) is 14.5 Å². The van der Waals surface area contributed by atoms with Gasteiger partial charge in [-0.25, -0.2) is 21.9 Å².